The highest BCUT2D eigenvalue weighted by Crippen LogP contribution is 2.25. The third-order valence-electron chi connectivity index (χ3n) is 4.49. The third-order valence-corrected chi connectivity index (χ3v) is 4.49. The van der Waals surface area contributed by atoms with E-state index in [0.29, 0.717) is 11.1 Å². The maximum atomic E-state index is 14.5. The summed E-state index contributed by atoms with van der Waals surface area (Å²) >= 11 is 0. The third kappa shape index (κ3) is 4.64. The summed E-state index contributed by atoms with van der Waals surface area (Å²) in [5.41, 5.74) is 3.31. The second-order valence-electron chi connectivity index (χ2n) is 6.55. The predicted octanol–water partition coefficient (Wildman–Crippen LogP) is 6.25. The molecule has 138 valence electrons. The fourth-order valence-corrected chi connectivity index (χ4v) is 2.88. The molecule has 0 spiro atoms. The number of halogens is 2. The highest BCUT2D eigenvalue weighted by molar-refractivity contribution is 5.66. The molecule has 1 nitrogen and oxygen atoms in total. The highest BCUT2D eigenvalue weighted by atomic mass is 19.1. The number of nitrogens with zero attached hydrogens (tertiary/aromatic N) is 1. The Labute approximate surface area is 164 Å². The van der Waals surface area contributed by atoms with Crippen molar-refractivity contribution >= 4 is 0 Å². The van der Waals surface area contributed by atoms with Gasteiger partial charge in [0.15, 0.2) is 0 Å². The van der Waals surface area contributed by atoms with E-state index >= 15 is 0 Å². The van der Waals surface area contributed by atoms with Crippen LogP contribution in [0.5, 0.6) is 0 Å². The van der Waals surface area contributed by atoms with E-state index in [-0.39, 0.29) is 11.1 Å². The van der Waals surface area contributed by atoms with Crippen LogP contribution in [-0.2, 0) is 6.42 Å². The molecule has 0 N–H and O–H groups in total. The number of unbranched alkanes of at least 4 members (excludes halogenated alkanes) is 1. The van der Waals surface area contributed by atoms with Gasteiger partial charge in [0.25, 0.3) is 0 Å². The Morgan fingerprint density at radius 1 is 0.821 bits per heavy atom. The van der Waals surface area contributed by atoms with E-state index in [2.05, 4.69) is 30.9 Å². The van der Waals surface area contributed by atoms with Crippen LogP contribution in [0.1, 0.15) is 42.0 Å². The number of benzene rings is 3. The van der Waals surface area contributed by atoms with Crippen molar-refractivity contribution in [3.8, 4) is 29.0 Å². The van der Waals surface area contributed by atoms with Gasteiger partial charge in [-0.2, -0.15) is 5.26 Å². The van der Waals surface area contributed by atoms with Gasteiger partial charge in [-0.1, -0.05) is 49.5 Å². The fourth-order valence-electron chi connectivity index (χ4n) is 2.88. The monoisotopic (exact) mass is 371 g/mol. The fraction of sp³-hybridized carbons (Fsp3) is 0.160. The average Bonchev–Trinajstić information content (AvgIpc) is 2.71. The lowest BCUT2D eigenvalue weighted by Gasteiger charge is -2.05. The van der Waals surface area contributed by atoms with Gasteiger partial charge in [0.05, 0.1) is 5.56 Å². The Bertz CT molecular complexity index is 1080. The Kier molecular flexibility index (Phi) is 6.20. The summed E-state index contributed by atoms with van der Waals surface area (Å²) in [6.45, 7) is 2.17. The van der Waals surface area contributed by atoms with Gasteiger partial charge in [-0.25, -0.2) is 8.78 Å². The maximum Gasteiger partial charge on any atom is 0.141 e. The van der Waals surface area contributed by atoms with Crippen LogP contribution in [0.2, 0.25) is 0 Å². The van der Waals surface area contributed by atoms with Gasteiger partial charge in [-0.15, -0.1) is 0 Å². The molecule has 0 aliphatic carbocycles. The SMILES string of the molecule is CCCCc1ccc(C#Cc2ccc(-c3ccc(C#N)c(F)c3)c(F)c2)cc1. The first-order valence-corrected chi connectivity index (χ1v) is 9.21. The largest absolute Gasteiger partial charge is 0.206 e. The van der Waals surface area contributed by atoms with Gasteiger partial charge in [0.2, 0.25) is 0 Å². The smallest absolute Gasteiger partial charge is 0.141 e. The Balaban J connectivity index is 1.79. The lowest BCUT2D eigenvalue weighted by Crippen LogP contribution is -1.90. The molecule has 0 unspecified atom stereocenters. The van der Waals surface area contributed by atoms with Crippen LogP contribution in [0.3, 0.4) is 0 Å². The van der Waals surface area contributed by atoms with E-state index in [1.807, 2.05) is 12.1 Å². The summed E-state index contributed by atoms with van der Waals surface area (Å²) in [6, 6.07) is 18.5. The standard InChI is InChI=1S/C25H19F2N/c1-2-3-4-18-5-7-19(8-6-18)9-10-20-11-14-23(25(27)15-20)21-12-13-22(17-28)24(26)16-21/h5-8,11-16H,2-4H2,1H3. The minimum Gasteiger partial charge on any atom is -0.206 e. The second-order valence-corrected chi connectivity index (χ2v) is 6.55. The van der Waals surface area contributed by atoms with E-state index in [0.717, 1.165) is 18.4 Å². The molecule has 0 radical (unpaired) electrons. The molecule has 0 heterocycles. The van der Waals surface area contributed by atoms with Crippen molar-refractivity contribution in [3.63, 3.8) is 0 Å². The molecule has 0 atom stereocenters. The van der Waals surface area contributed by atoms with Crippen molar-refractivity contribution in [2.75, 3.05) is 0 Å². The summed E-state index contributed by atoms with van der Waals surface area (Å²) in [5, 5.41) is 8.80. The quantitative estimate of drug-likeness (QED) is 0.498. The molecule has 3 aromatic rings. The van der Waals surface area contributed by atoms with Crippen LogP contribution in [0.4, 0.5) is 8.78 Å². The van der Waals surface area contributed by atoms with Crippen LogP contribution in [0.25, 0.3) is 11.1 Å². The molecule has 0 saturated carbocycles. The molecule has 0 aliphatic heterocycles. The number of hydrogen-bond donors (Lipinski definition) is 0. The second kappa shape index (κ2) is 8.98. The van der Waals surface area contributed by atoms with Crippen molar-refractivity contribution in [2.45, 2.75) is 26.2 Å². The van der Waals surface area contributed by atoms with E-state index < -0.39 is 11.6 Å². The average molecular weight is 371 g/mol. The summed E-state index contributed by atoms with van der Waals surface area (Å²) in [7, 11) is 0. The minimum absolute atomic E-state index is 0.0626. The number of rotatable bonds is 4. The topological polar surface area (TPSA) is 23.8 Å². The molecule has 28 heavy (non-hydrogen) atoms. The van der Waals surface area contributed by atoms with Crippen LogP contribution >= 0.6 is 0 Å². The van der Waals surface area contributed by atoms with Gasteiger partial charge in [0.1, 0.15) is 17.7 Å². The van der Waals surface area contributed by atoms with Gasteiger partial charge >= 0.3 is 0 Å². The van der Waals surface area contributed by atoms with Crippen molar-refractivity contribution in [2.24, 2.45) is 0 Å². The predicted molar refractivity (Wildman–Crippen MR) is 108 cm³/mol. The highest BCUT2D eigenvalue weighted by Gasteiger charge is 2.09. The first kappa shape index (κ1) is 19.3. The first-order chi connectivity index (χ1) is 13.6. The summed E-state index contributed by atoms with van der Waals surface area (Å²) in [4.78, 5) is 0. The molecule has 3 aromatic carbocycles. The lowest BCUT2D eigenvalue weighted by molar-refractivity contribution is 0.622. The first-order valence-electron chi connectivity index (χ1n) is 9.21. The number of nitriles is 1. The Hall–Kier alpha value is -3.43. The molecule has 0 fully saturated rings. The lowest BCUT2D eigenvalue weighted by atomic mass is 10.0. The van der Waals surface area contributed by atoms with Crippen molar-refractivity contribution in [1.29, 1.82) is 5.26 Å². The molecule has 0 aromatic heterocycles. The molecule has 0 saturated heterocycles. The van der Waals surface area contributed by atoms with E-state index in [9.17, 15) is 8.78 Å². The number of aryl methyl sites for hydroxylation is 1. The minimum atomic E-state index is -0.661. The van der Waals surface area contributed by atoms with Crippen molar-refractivity contribution in [1.82, 2.24) is 0 Å². The summed E-state index contributed by atoms with van der Waals surface area (Å²) in [5.74, 6) is 4.87. The molecule has 3 rings (SSSR count). The van der Waals surface area contributed by atoms with Crippen LogP contribution in [-0.4, -0.2) is 0 Å². The van der Waals surface area contributed by atoms with Crippen LogP contribution < -0.4 is 0 Å². The Morgan fingerprint density at radius 2 is 1.54 bits per heavy atom. The zero-order chi connectivity index (χ0) is 19.9. The normalized spacial score (nSPS) is 10.1. The molecule has 0 bridgehead atoms. The maximum absolute atomic E-state index is 14.5. The van der Waals surface area contributed by atoms with Gasteiger partial charge in [0, 0.05) is 16.7 Å². The zero-order valence-electron chi connectivity index (χ0n) is 15.6. The molecular weight excluding hydrogens is 352 g/mol. The zero-order valence-corrected chi connectivity index (χ0v) is 15.6. The van der Waals surface area contributed by atoms with Gasteiger partial charge in [-0.3, -0.25) is 0 Å². The van der Waals surface area contributed by atoms with Crippen LogP contribution in [0.15, 0.2) is 60.7 Å². The van der Waals surface area contributed by atoms with E-state index in [1.54, 1.807) is 18.2 Å². The number of hydrogen-bond acceptors (Lipinski definition) is 1. The summed E-state index contributed by atoms with van der Waals surface area (Å²) in [6.07, 6.45) is 3.39. The van der Waals surface area contributed by atoms with Gasteiger partial charge < -0.3 is 0 Å². The molecular formula is C25H19F2N. The van der Waals surface area contributed by atoms with E-state index in [4.69, 9.17) is 5.26 Å². The van der Waals surface area contributed by atoms with Crippen molar-refractivity contribution < 1.29 is 8.78 Å². The van der Waals surface area contributed by atoms with Crippen molar-refractivity contribution in [3.05, 3.63) is 94.6 Å². The Morgan fingerprint density at radius 3 is 2.18 bits per heavy atom. The molecule has 3 heteroatoms. The molecule has 0 aliphatic rings. The summed E-state index contributed by atoms with van der Waals surface area (Å²) < 4.78 is 28.3. The van der Waals surface area contributed by atoms with Crippen LogP contribution in [0, 0.1) is 34.8 Å². The van der Waals surface area contributed by atoms with E-state index in [1.165, 1.54) is 36.2 Å². The molecule has 0 amide bonds. The van der Waals surface area contributed by atoms with Gasteiger partial charge in [-0.05, 0) is 60.4 Å².